The summed E-state index contributed by atoms with van der Waals surface area (Å²) in [6.07, 6.45) is 1.62. The first-order chi connectivity index (χ1) is 9.07. The number of para-hydroxylation sites is 1. The van der Waals surface area contributed by atoms with E-state index >= 15 is 0 Å². The molecule has 1 aliphatic rings. The van der Waals surface area contributed by atoms with E-state index in [9.17, 15) is 13.0 Å². The summed E-state index contributed by atoms with van der Waals surface area (Å²) in [6, 6.07) is 9.99. The average Bonchev–Trinajstić information content (AvgIpc) is 2.82. The second-order valence-electron chi connectivity index (χ2n) is 3.80. The van der Waals surface area contributed by atoms with E-state index in [-0.39, 0.29) is 4.90 Å². The van der Waals surface area contributed by atoms with Crippen molar-refractivity contribution in [2.24, 2.45) is 0 Å². The number of rotatable bonds is 2. The number of hydrogen-bond acceptors (Lipinski definition) is 6. The first-order valence-corrected chi connectivity index (χ1v) is 7.53. The van der Waals surface area contributed by atoms with Crippen LogP contribution in [0.25, 0.3) is 0 Å². The molecule has 0 amide bonds. The van der Waals surface area contributed by atoms with Gasteiger partial charge in [0.05, 0.1) is 17.8 Å². The van der Waals surface area contributed by atoms with E-state index in [4.69, 9.17) is 0 Å². The van der Waals surface area contributed by atoms with Crippen molar-refractivity contribution < 1.29 is 13.0 Å². The van der Waals surface area contributed by atoms with Crippen molar-refractivity contribution in [3.8, 4) is 0 Å². The molecule has 1 aromatic carbocycles. The summed E-state index contributed by atoms with van der Waals surface area (Å²) in [4.78, 5) is 4.03. The molecule has 1 aromatic heterocycles. The third-order valence-electron chi connectivity index (χ3n) is 2.58. The number of fused-ring (bicyclic) bond motifs is 1. The molecule has 98 valence electrons. The van der Waals surface area contributed by atoms with Crippen molar-refractivity contribution in [2.75, 3.05) is 9.03 Å². The summed E-state index contributed by atoms with van der Waals surface area (Å²) in [7, 11) is -4.29. The fourth-order valence-electron chi connectivity index (χ4n) is 1.80. The zero-order valence-electron chi connectivity index (χ0n) is 9.52. The second-order valence-corrected chi connectivity index (χ2v) is 5.94. The Labute approximate surface area is 114 Å². The smallest absolute Gasteiger partial charge is 0.296 e. The van der Waals surface area contributed by atoms with Crippen LogP contribution in [-0.2, 0) is 10.1 Å². The van der Waals surface area contributed by atoms with Crippen LogP contribution in [0.3, 0.4) is 0 Å². The number of hydrogen-bond donors (Lipinski definition) is 2. The largest absolute Gasteiger partial charge is 0.310 e. The highest BCUT2D eigenvalue weighted by atomic mass is 32.2. The Hall–Kier alpha value is -1.77. The van der Waals surface area contributed by atoms with Crippen LogP contribution in [0.5, 0.6) is 0 Å². The number of aromatic nitrogens is 1. The van der Waals surface area contributed by atoms with Gasteiger partial charge in [-0.25, -0.2) is 9.29 Å². The van der Waals surface area contributed by atoms with Gasteiger partial charge in [0.1, 0.15) is 16.4 Å². The van der Waals surface area contributed by atoms with Gasteiger partial charge in [-0.2, -0.15) is 8.42 Å². The third kappa shape index (κ3) is 2.14. The molecule has 2 aromatic rings. The Morgan fingerprint density at radius 2 is 2.05 bits per heavy atom. The number of anilines is 3. The van der Waals surface area contributed by atoms with Crippen molar-refractivity contribution in [1.82, 2.24) is 4.98 Å². The van der Waals surface area contributed by atoms with Crippen LogP contribution < -0.4 is 9.03 Å². The molecule has 0 fully saturated rings. The Morgan fingerprint density at radius 1 is 1.21 bits per heavy atom. The molecular formula is C11H9N3O3S2. The van der Waals surface area contributed by atoms with Gasteiger partial charge in [-0.05, 0) is 24.3 Å². The quantitative estimate of drug-likeness (QED) is 0.650. The fourth-order valence-corrected chi connectivity index (χ4v) is 3.40. The number of nitrogens with one attached hydrogen (secondary N) is 1. The molecule has 8 heteroatoms. The highest BCUT2D eigenvalue weighted by Crippen LogP contribution is 2.46. The van der Waals surface area contributed by atoms with Crippen LogP contribution in [-0.4, -0.2) is 18.0 Å². The van der Waals surface area contributed by atoms with E-state index in [0.717, 1.165) is 0 Å². The topological polar surface area (TPSA) is 82.5 Å². The summed E-state index contributed by atoms with van der Waals surface area (Å²) in [5.74, 6) is 0.579. The van der Waals surface area contributed by atoms with Crippen molar-refractivity contribution in [3.63, 3.8) is 0 Å². The van der Waals surface area contributed by atoms with Gasteiger partial charge in [0.2, 0.25) is 0 Å². The molecular weight excluding hydrogens is 286 g/mol. The van der Waals surface area contributed by atoms with Gasteiger partial charge in [0.25, 0.3) is 10.1 Å². The third-order valence-corrected chi connectivity index (χ3v) is 4.33. The molecule has 0 aliphatic carbocycles. The molecule has 2 N–H and O–H groups in total. The van der Waals surface area contributed by atoms with Crippen LogP contribution in [0, 0.1) is 0 Å². The molecule has 0 saturated carbocycles. The zero-order valence-corrected chi connectivity index (χ0v) is 11.1. The lowest BCUT2D eigenvalue weighted by molar-refractivity contribution is 0.483. The lowest BCUT2D eigenvalue weighted by Crippen LogP contribution is -2.09. The first-order valence-electron chi connectivity index (χ1n) is 5.32. The summed E-state index contributed by atoms with van der Waals surface area (Å²) in [5.41, 5.74) is 1.000. The van der Waals surface area contributed by atoms with Crippen molar-refractivity contribution in [2.45, 2.75) is 4.90 Å². The highest BCUT2D eigenvalue weighted by Gasteiger charge is 2.30. The second kappa shape index (κ2) is 4.41. The molecule has 0 radical (unpaired) electrons. The Bertz CT molecular complexity index is 719. The van der Waals surface area contributed by atoms with E-state index in [1.807, 2.05) is 0 Å². The maximum atomic E-state index is 11.4. The molecule has 0 spiro atoms. The van der Waals surface area contributed by atoms with E-state index in [1.165, 1.54) is 18.2 Å². The maximum Gasteiger partial charge on any atom is 0.296 e. The first kappa shape index (κ1) is 12.3. The van der Waals surface area contributed by atoms with Gasteiger partial charge in [-0.3, -0.25) is 4.55 Å². The Kier molecular flexibility index (Phi) is 2.85. The lowest BCUT2D eigenvalue weighted by Gasteiger charge is -2.16. The van der Waals surface area contributed by atoms with E-state index in [2.05, 4.69) is 9.71 Å². The molecule has 0 atom stereocenters. The van der Waals surface area contributed by atoms with Gasteiger partial charge in [-0.1, -0.05) is 12.1 Å². The summed E-state index contributed by atoms with van der Waals surface area (Å²) < 4.78 is 36.8. The van der Waals surface area contributed by atoms with Crippen molar-refractivity contribution >= 4 is 39.4 Å². The molecule has 3 rings (SSSR count). The van der Waals surface area contributed by atoms with Gasteiger partial charge < -0.3 is 4.72 Å². The van der Waals surface area contributed by atoms with Gasteiger partial charge in [0.15, 0.2) is 0 Å². The van der Waals surface area contributed by atoms with Gasteiger partial charge in [0, 0.05) is 6.20 Å². The maximum absolute atomic E-state index is 11.4. The van der Waals surface area contributed by atoms with E-state index < -0.39 is 10.1 Å². The Morgan fingerprint density at radius 3 is 2.74 bits per heavy atom. The fraction of sp³-hybridized carbons (Fsp3) is 0. The summed E-state index contributed by atoms with van der Waals surface area (Å²) in [5, 5.41) is 0. The van der Waals surface area contributed by atoms with Crippen LogP contribution in [0.15, 0.2) is 47.5 Å². The minimum absolute atomic E-state index is 0.145. The number of benzene rings is 1. The number of pyridine rings is 1. The predicted octanol–water partition coefficient (Wildman–Crippen LogP) is 2.46. The van der Waals surface area contributed by atoms with Gasteiger partial charge in [-0.15, -0.1) is 0 Å². The standard InChI is InChI=1S/C11H9N3O3S2/c15-19(16,17)9-5-3-4-8-11(9)14(18-13-8)10-6-1-2-7-12-10/h1-7,13H,(H,15,16,17). The summed E-state index contributed by atoms with van der Waals surface area (Å²) >= 11 is 1.20. The minimum atomic E-state index is -4.29. The highest BCUT2D eigenvalue weighted by molar-refractivity contribution is 8.02. The minimum Gasteiger partial charge on any atom is -0.310 e. The Balaban J connectivity index is 2.19. The zero-order chi connectivity index (χ0) is 13.5. The van der Waals surface area contributed by atoms with E-state index in [1.54, 1.807) is 40.8 Å². The average molecular weight is 295 g/mol. The van der Waals surface area contributed by atoms with Crippen LogP contribution in [0.1, 0.15) is 0 Å². The lowest BCUT2D eigenvalue weighted by atomic mass is 10.2. The molecule has 1 aliphatic heterocycles. The van der Waals surface area contributed by atoms with Crippen LogP contribution in [0.2, 0.25) is 0 Å². The molecule has 0 unspecified atom stereocenters. The molecule has 2 heterocycles. The summed E-state index contributed by atoms with van der Waals surface area (Å²) in [6.45, 7) is 0. The van der Waals surface area contributed by atoms with Crippen LogP contribution >= 0.6 is 12.1 Å². The monoisotopic (exact) mass is 295 g/mol. The van der Waals surface area contributed by atoms with Crippen molar-refractivity contribution in [3.05, 3.63) is 42.6 Å². The van der Waals surface area contributed by atoms with Crippen LogP contribution in [0.4, 0.5) is 17.2 Å². The normalized spacial score (nSPS) is 14.1. The van der Waals surface area contributed by atoms with Gasteiger partial charge >= 0.3 is 0 Å². The predicted molar refractivity (Wildman–Crippen MR) is 73.8 cm³/mol. The molecule has 19 heavy (non-hydrogen) atoms. The van der Waals surface area contributed by atoms with E-state index in [0.29, 0.717) is 17.2 Å². The van der Waals surface area contributed by atoms with Crippen molar-refractivity contribution in [1.29, 1.82) is 0 Å². The SMILES string of the molecule is O=S(=O)(O)c1cccc2c1N(c1ccccn1)SN2. The molecule has 0 bridgehead atoms. The molecule has 6 nitrogen and oxygen atoms in total. The molecule has 0 saturated heterocycles. The number of nitrogens with zero attached hydrogens (tertiary/aromatic N) is 2.